The molecule has 1 atom stereocenters. The van der Waals surface area contributed by atoms with E-state index < -0.39 is 0 Å². The Morgan fingerprint density at radius 3 is 3.11 bits per heavy atom. The van der Waals surface area contributed by atoms with Gasteiger partial charge < -0.3 is 5.32 Å². The first kappa shape index (κ1) is 14.4. The molecule has 1 fully saturated rings. The summed E-state index contributed by atoms with van der Waals surface area (Å²) < 4.78 is 0. The minimum Gasteiger partial charge on any atom is -0.320 e. The fourth-order valence-electron chi connectivity index (χ4n) is 2.68. The van der Waals surface area contributed by atoms with Crippen molar-refractivity contribution in [1.82, 2.24) is 10.2 Å². The van der Waals surface area contributed by atoms with Crippen LogP contribution in [0, 0.1) is 10.1 Å². The third kappa shape index (κ3) is 3.99. The number of thiophene rings is 1. The van der Waals surface area contributed by atoms with Crippen LogP contribution in [0.15, 0.2) is 11.4 Å². The van der Waals surface area contributed by atoms with Crippen LogP contribution in [-0.4, -0.2) is 36.0 Å². The number of rotatable bonds is 6. The molecule has 1 saturated heterocycles. The molecule has 2 rings (SSSR count). The highest BCUT2D eigenvalue weighted by Gasteiger charge is 2.22. The topological polar surface area (TPSA) is 58.4 Å². The molecule has 0 aliphatic carbocycles. The van der Waals surface area contributed by atoms with Crippen LogP contribution < -0.4 is 5.32 Å². The summed E-state index contributed by atoms with van der Waals surface area (Å²) in [5.41, 5.74) is 1.08. The molecule has 0 spiro atoms. The molecule has 19 heavy (non-hydrogen) atoms. The Kier molecular flexibility index (Phi) is 5.30. The van der Waals surface area contributed by atoms with Crippen LogP contribution in [0.4, 0.5) is 5.00 Å². The summed E-state index contributed by atoms with van der Waals surface area (Å²) in [7, 11) is 1.98. The molecule has 1 aromatic rings. The van der Waals surface area contributed by atoms with Gasteiger partial charge in [-0.2, -0.15) is 0 Å². The van der Waals surface area contributed by atoms with Crippen molar-refractivity contribution in [2.75, 3.05) is 20.1 Å². The summed E-state index contributed by atoms with van der Waals surface area (Å²) in [6.07, 6.45) is 4.94. The average Bonchev–Trinajstić information content (AvgIpc) is 2.86. The van der Waals surface area contributed by atoms with Crippen LogP contribution in [-0.2, 0) is 6.54 Å². The maximum atomic E-state index is 10.7. The van der Waals surface area contributed by atoms with Gasteiger partial charge >= 0.3 is 5.00 Å². The van der Waals surface area contributed by atoms with Gasteiger partial charge in [0.2, 0.25) is 0 Å². The summed E-state index contributed by atoms with van der Waals surface area (Å²) in [6, 6.07) is 2.33. The summed E-state index contributed by atoms with van der Waals surface area (Å²) >= 11 is 1.23. The predicted molar refractivity (Wildman–Crippen MR) is 77.6 cm³/mol. The number of nitro groups is 1. The van der Waals surface area contributed by atoms with E-state index in [1.165, 1.54) is 30.6 Å². The normalized spacial score (nSPS) is 20.6. The van der Waals surface area contributed by atoms with Gasteiger partial charge in [-0.05, 0) is 45.0 Å². The average molecular weight is 283 g/mol. The van der Waals surface area contributed by atoms with Crippen molar-refractivity contribution in [1.29, 1.82) is 0 Å². The zero-order valence-corrected chi connectivity index (χ0v) is 12.1. The maximum Gasteiger partial charge on any atom is 0.324 e. The molecule has 0 saturated carbocycles. The lowest BCUT2D eigenvalue weighted by Gasteiger charge is -2.35. The summed E-state index contributed by atoms with van der Waals surface area (Å²) in [5, 5.41) is 16.1. The first-order chi connectivity index (χ1) is 9.20. The van der Waals surface area contributed by atoms with Crippen molar-refractivity contribution in [3.8, 4) is 0 Å². The van der Waals surface area contributed by atoms with Gasteiger partial charge in [0, 0.05) is 24.0 Å². The third-order valence-electron chi connectivity index (χ3n) is 3.68. The minimum absolute atomic E-state index is 0.249. The number of piperidine rings is 1. The van der Waals surface area contributed by atoms with Crippen molar-refractivity contribution in [3.05, 3.63) is 27.1 Å². The van der Waals surface area contributed by atoms with Crippen LogP contribution in [0.25, 0.3) is 0 Å². The molecule has 106 valence electrons. The Hall–Kier alpha value is -0.980. The molecular weight excluding hydrogens is 262 g/mol. The van der Waals surface area contributed by atoms with Gasteiger partial charge in [-0.3, -0.25) is 15.0 Å². The van der Waals surface area contributed by atoms with Gasteiger partial charge in [0.1, 0.15) is 0 Å². The molecular formula is C13H21N3O2S. The second-order valence-corrected chi connectivity index (χ2v) is 5.95. The van der Waals surface area contributed by atoms with E-state index in [9.17, 15) is 10.1 Å². The molecule has 0 radical (unpaired) electrons. The largest absolute Gasteiger partial charge is 0.324 e. The SMILES string of the molecule is CNCCC1CCCCN1Cc1csc([N+](=O)[O-])c1. The van der Waals surface area contributed by atoms with Crippen LogP contribution in [0.2, 0.25) is 0 Å². The lowest BCUT2D eigenvalue weighted by molar-refractivity contribution is -0.380. The second kappa shape index (κ2) is 6.98. The first-order valence-corrected chi connectivity index (χ1v) is 7.69. The monoisotopic (exact) mass is 283 g/mol. The Bertz CT molecular complexity index is 422. The van der Waals surface area contributed by atoms with E-state index in [1.807, 2.05) is 12.4 Å². The molecule has 1 aliphatic rings. The van der Waals surface area contributed by atoms with Crippen LogP contribution in [0.5, 0.6) is 0 Å². The highest BCUT2D eigenvalue weighted by molar-refractivity contribution is 7.13. The quantitative estimate of drug-likeness (QED) is 0.644. The van der Waals surface area contributed by atoms with Crippen LogP contribution in [0.3, 0.4) is 0 Å². The fourth-order valence-corrected chi connectivity index (χ4v) is 3.40. The molecule has 0 bridgehead atoms. The maximum absolute atomic E-state index is 10.7. The van der Waals surface area contributed by atoms with Gasteiger partial charge in [-0.25, -0.2) is 0 Å². The van der Waals surface area contributed by atoms with Crippen LogP contribution >= 0.6 is 11.3 Å². The molecule has 1 aliphatic heterocycles. The van der Waals surface area contributed by atoms with Gasteiger partial charge in [0.05, 0.1) is 4.92 Å². The van der Waals surface area contributed by atoms with E-state index in [0.29, 0.717) is 6.04 Å². The highest BCUT2D eigenvalue weighted by Crippen LogP contribution is 2.26. The molecule has 1 N–H and O–H groups in total. The summed E-state index contributed by atoms with van der Waals surface area (Å²) in [6.45, 7) is 2.99. The Morgan fingerprint density at radius 1 is 1.58 bits per heavy atom. The zero-order chi connectivity index (χ0) is 13.7. The predicted octanol–water partition coefficient (Wildman–Crippen LogP) is 2.62. The number of hydrogen-bond donors (Lipinski definition) is 1. The van der Waals surface area contributed by atoms with E-state index >= 15 is 0 Å². The lowest BCUT2D eigenvalue weighted by atomic mass is 9.99. The number of nitrogens with zero attached hydrogens (tertiary/aromatic N) is 2. The second-order valence-electron chi connectivity index (χ2n) is 5.06. The van der Waals surface area contributed by atoms with Crippen molar-refractivity contribution >= 4 is 16.3 Å². The number of likely N-dealkylation sites (tertiary alicyclic amines) is 1. The molecule has 6 heteroatoms. The van der Waals surface area contributed by atoms with E-state index in [4.69, 9.17) is 0 Å². The standard InChI is InChI=1S/C13H21N3O2S/c1-14-6-5-12-4-2-3-7-15(12)9-11-8-13(16(17)18)19-10-11/h8,10,12,14H,2-7,9H2,1H3. The molecule has 1 unspecified atom stereocenters. The highest BCUT2D eigenvalue weighted by atomic mass is 32.1. The summed E-state index contributed by atoms with van der Waals surface area (Å²) in [4.78, 5) is 12.9. The van der Waals surface area contributed by atoms with Crippen molar-refractivity contribution in [3.63, 3.8) is 0 Å². The van der Waals surface area contributed by atoms with E-state index in [1.54, 1.807) is 6.07 Å². The molecule has 0 aromatic carbocycles. The Morgan fingerprint density at radius 2 is 2.42 bits per heavy atom. The van der Waals surface area contributed by atoms with Gasteiger partial charge in [0.15, 0.2) is 0 Å². The number of hydrogen-bond acceptors (Lipinski definition) is 5. The van der Waals surface area contributed by atoms with Gasteiger partial charge in [-0.15, -0.1) is 0 Å². The Labute approximate surface area is 117 Å². The van der Waals surface area contributed by atoms with Crippen LogP contribution in [0.1, 0.15) is 31.2 Å². The van der Waals surface area contributed by atoms with Crippen molar-refractivity contribution < 1.29 is 4.92 Å². The molecule has 1 aromatic heterocycles. The van der Waals surface area contributed by atoms with Gasteiger partial charge in [0.25, 0.3) is 0 Å². The van der Waals surface area contributed by atoms with Crippen molar-refractivity contribution in [2.45, 2.75) is 38.3 Å². The minimum atomic E-state index is -0.303. The van der Waals surface area contributed by atoms with Crippen molar-refractivity contribution in [2.24, 2.45) is 0 Å². The summed E-state index contributed by atoms with van der Waals surface area (Å²) in [5.74, 6) is 0. The zero-order valence-electron chi connectivity index (χ0n) is 11.3. The van der Waals surface area contributed by atoms with E-state index in [2.05, 4.69) is 10.2 Å². The lowest BCUT2D eigenvalue weighted by Crippen LogP contribution is -2.40. The van der Waals surface area contributed by atoms with Gasteiger partial charge in [-0.1, -0.05) is 17.8 Å². The third-order valence-corrected chi connectivity index (χ3v) is 4.61. The molecule has 2 heterocycles. The smallest absolute Gasteiger partial charge is 0.320 e. The molecule has 0 amide bonds. The Balaban J connectivity index is 1.95. The van der Waals surface area contributed by atoms with E-state index in [-0.39, 0.29) is 9.92 Å². The number of nitrogens with one attached hydrogen (secondary N) is 1. The molecule has 5 nitrogen and oxygen atoms in total. The first-order valence-electron chi connectivity index (χ1n) is 6.81. The van der Waals surface area contributed by atoms with E-state index in [0.717, 1.165) is 31.6 Å². The fraction of sp³-hybridized carbons (Fsp3) is 0.692.